The smallest absolute Gasteiger partial charge is 0.397 e. The standard InChI is InChI=1S/C11F20O2/c12-1(13)3(16)32-10(28,29)8(24,25)6(20,21)5(18,19)7(22,23)9(26,27)11(30,31)33-4(17)2(14)15. The fourth-order valence-electron chi connectivity index (χ4n) is 1.39. The van der Waals surface area contributed by atoms with Crippen LogP contribution in [0.5, 0.6) is 0 Å². The summed E-state index contributed by atoms with van der Waals surface area (Å²) in [5.74, 6) is -43.0. The largest absolute Gasteiger partial charge is 0.472 e. The fraction of sp³-hybridized carbons (Fsp3) is 0.636. The van der Waals surface area contributed by atoms with Gasteiger partial charge in [-0.1, -0.05) is 0 Å². The zero-order valence-electron chi connectivity index (χ0n) is 13.9. The Kier molecular flexibility index (Phi) is 7.88. The van der Waals surface area contributed by atoms with Crippen LogP contribution in [0, 0.1) is 0 Å². The van der Waals surface area contributed by atoms with Gasteiger partial charge in [0.05, 0.1) is 0 Å². The summed E-state index contributed by atoms with van der Waals surface area (Å²) in [4.78, 5) is 0. The van der Waals surface area contributed by atoms with Crippen molar-refractivity contribution in [1.82, 2.24) is 0 Å². The van der Waals surface area contributed by atoms with Gasteiger partial charge in [0.25, 0.3) is 0 Å². The Hall–Kier alpha value is -2.32. The third kappa shape index (κ3) is 4.68. The van der Waals surface area contributed by atoms with Gasteiger partial charge in [-0.25, -0.2) is 0 Å². The van der Waals surface area contributed by atoms with Crippen molar-refractivity contribution in [1.29, 1.82) is 0 Å². The Balaban J connectivity index is 6.67. The molecule has 33 heavy (non-hydrogen) atoms. The van der Waals surface area contributed by atoms with Crippen molar-refractivity contribution in [3.05, 3.63) is 24.2 Å². The van der Waals surface area contributed by atoms with Crippen molar-refractivity contribution in [2.75, 3.05) is 0 Å². The van der Waals surface area contributed by atoms with Gasteiger partial charge in [0.1, 0.15) is 0 Å². The first-order chi connectivity index (χ1) is 14.2. The Morgan fingerprint density at radius 2 is 0.515 bits per heavy atom. The van der Waals surface area contributed by atoms with Crippen molar-refractivity contribution < 1.29 is 97.3 Å². The third-order valence-electron chi connectivity index (χ3n) is 3.04. The molecule has 0 atom stereocenters. The van der Waals surface area contributed by atoms with Crippen molar-refractivity contribution in [2.24, 2.45) is 0 Å². The number of halogens is 20. The molecule has 0 fully saturated rings. The van der Waals surface area contributed by atoms with Crippen LogP contribution in [-0.4, -0.2) is 41.8 Å². The first-order valence-electron chi connectivity index (χ1n) is 6.60. The molecule has 0 aliphatic heterocycles. The summed E-state index contributed by atoms with van der Waals surface area (Å²) < 4.78 is 257. The molecule has 0 aromatic carbocycles. The molecule has 0 aliphatic carbocycles. The highest BCUT2D eigenvalue weighted by Crippen LogP contribution is 2.62. The highest BCUT2D eigenvalue weighted by Gasteiger charge is 2.94. The van der Waals surface area contributed by atoms with Gasteiger partial charge in [0, 0.05) is 0 Å². The van der Waals surface area contributed by atoms with Crippen molar-refractivity contribution in [3.8, 4) is 0 Å². The first kappa shape index (κ1) is 30.7. The van der Waals surface area contributed by atoms with Gasteiger partial charge in [-0.15, -0.1) is 0 Å². The number of hydrogen-bond donors (Lipinski definition) is 0. The van der Waals surface area contributed by atoms with Crippen LogP contribution < -0.4 is 0 Å². The second-order valence-corrected chi connectivity index (χ2v) is 5.18. The molecule has 0 saturated carbocycles. The fourth-order valence-corrected chi connectivity index (χ4v) is 1.39. The molecule has 0 amide bonds. The molecule has 2 nitrogen and oxygen atoms in total. The van der Waals surface area contributed by atoms with Crippen LogP contribution in [0.2, 0.25) is 0 Å². The summed E-state index contributed by atoms with van der Waals surface area (Å²) in [5.41, 5.74) is 0. The van der Waals surface area contributed by atoms with Crippen LogP contribution in [0.25, 0.3) is 0 Å². The summed E-state index contributed by atoms with van der Waals surface area (Å²) in [6, 6.07) is -8.38. The summed E-state index contributed by atoms with van der Waals surface area (Å²) in [7, 11) is 0. The van der Waals surface area contributed by atoms with Crippen LogP contribution in [0.3, 0.4) is 0 Å². The number of alkyl halides is 14. The van der Waals surface area contributed by atoms with E-state index in [-0.39, 0.29) is 0 Å². The molecule has 0 bridgehead atoms. The predicted octanol–water partition coefficient (Wildman–Crippen LogP) is 7.45. The normalized spacial score (nSPS) is 14.7. The van der Waals surface area contributed by atoms with E-state index in [4.69, 9.17) is 0 Å². The van der Waals surface area contributed by atoms with E-state index >= 15 is 0 Å². The molecule has 0 radical (unpaired) electrons. The lowest BCUT2D eigenvalue weighted by Gasteiger charge is -2.41. The Labute approximate surface area is 165 Å². The minimum Gasteiger partial charge on any atom is -0.397 e. The molecule has 0 rings (SSSR count). The van der Waals surface area contributed by atoms with Crippen LogP contribution in [0.1, 0.15) is 0 Å². The Morgan fingerprint density at radius 1 is 0.333 bits per heavy atom. The highest BCUT2D eigenvalue weighted by molar-refractivity contribution is 5.12. The maximum atomic E-state index is 13.3. The number of ether oxygens (including phenoxy) is 2. The first-order valence-corrected chi connectivity index (χ1v) is 6.60. The van der Waals surface area contributed by atoms with Crippen LogP contribution in [0.4, 0.5) is 87.8 Å². The molecule has 0 aromatic rings. The zero-order valence-corrected chi connectivity index (χ0v) is 13.9. The van der Waals surface area contributed by atoms with E-state index in [9.17, 15) is 87.8 Å². The molecule has 0 saturated heterocycles. The molecular formula is C11F20O2. The van der Waals surface area contributed by atoms with Crippen molar-refractivity contribution >= 4 is 0 Å². The highest BCUT2D eigenvalue weighted by atomic mass is 19.4. The third-order valence-corrected chi connectivity index (χ3v) is 3.04. The maximum absolute atomic E-state index is 13.3. The zero-order chi connectivity index (χ0) is 27.2. The summed E-state index contributed by atoms with van der Waals surface area (Å²) in [6.07, 6.45) is -23.7. The summed E-state index contributed by atoms with van der Waals surface area (Å²) >= 11 is 0. The molecule has 0 N–H and O–H groups in total. The second kappa shape index (κ2) is 8.47. The van der Waals surface area contributed by atoms with Crippen LogP contribution in [-0.2, 0) is 9.47 Å². The SMILES string of the molecule is FC(F)=C(F)OC(F)(F)C(F)(F)C(F)(F)C(F)(F)C(F)(F)C(F)(F)C(F)(F)OC(F)=C(F)F. The second-order valence-electron chi connectivity index (χ2n) is 5.18. The molecule has 0 unspecified atom stereocenters. The van der Waals surface area contributed by atoms with E-state index in [0.29, 0.717) is 0 Å². The van der Waals surface area contributed by atoms with Gasteiger partial charge in [0.2, 0.25) is 0 Å². The molecule has 0 aliphatic rings. The molecule has 0 spiro atoms. The van der Waals surface area contributed by atoms with Gasteiger partial charge >= 0.3 is 66.0 Å². The Morgan fingerprint density at radius 3 is 0.697 bits per heavy atom. The van der Waals surface area contributed by atoms with Crippen molar-refractivity contribution in [3.63, 3.8) is 0 Å². The van der Waals surface area contributed by atoms with E-state index in [1.165, 1.54) is 0 Å². The van der Waals surface area contributed by atoms with Gasteiger partial charge in [-0.3, -0.25) is 0 Å². The predicted molar refractivity (Wildman–Crippen MR) is 57.5 cm³/mol. The van der Waals surface area contributed by atoms with Crippen LogP contribution >= 0.6 is 0 Å². The van der Waals surface area contributed by atoms with Gasteiger partial charge in [-0.05, 0) is 0 Å². The topological polar surface area (TPSA) is 18.5 Å². The monoisotopic (exact) mass is 544 g/mol. The molecule has 0 aromatic heterocycles. The lowest BCUT2D eigenvalue weighted by atomic mass is 9.93. The number of hydrogen-bond acceptors (Lipinski definition) is 2. The van der Waals surface area contributed by atoms with E-state index < -0.39 is 66.0 Å². The van der Waals surface area contributed by atoms with Gasteiger partial charge < -0.3 is 9.47 Å². The van der Waals surface area contributed by atoms with Gasteiger partial charge in [-0.2, -0.15) is 87.8 Å². The average molecular weight is 544 g/mol. The average Bonchev–Trinajstić information content (AvgIpc) is 2.59. The Bertz CT molecular complexity index is 722. The summed E-state index contributed by atoms with van der Waals surface area (Å²) in [6.45, 7) is 0. The quantitative estimate of drug-likeness (QED) is 0.210. The lowest BCUT2D eigenvalue weighted by molar-refractivity contribution is -0.478. The van der Waals surface area contributed by atoms with Crippen molar-refractivity contribution in [2.45, 2.75) is 41.8 Å². The van der Waals surface area contributed by atoms with E-state index in [2.05, 4.69) is 0 Å². The summed E-state index contributed by atoms with van der Waals surface area (Å²) in [5, 5.41) is 0. The number of rotatable bonds is 10. The minimum atomic E-state index is -8.81. The molecular weight excluding hydrogens is 544 g/mol. The van der Waals surface area contributed by atoms with E-state index in [0.717, 1.165) is 0 Å². The molecule has 196 valence electrons. The molecule has 0 heterocycles. The molecule has 22 heteroatoms. The van der Waals surface area contributed by atoms with E-state index in [1.54, 1.807) is 9.47 Å². The minimum absolute atomic E-state index is 1.61. The van der Waals surface area contributed by atoms with Crippen LogP contribution in [0.15, 0.2) is 24.2 Å². The lowest BCUT2D eigenvalue weighted by Crippen LogP contribution is -2.73. The van der Waals surface area contributed by atoms with Gasteiger partial charge in [0.15, 0.2) is 0 Å². The van der Waals surface area contributed by atoms with E-state index in [1.807, 2.05) is 0 Å². The maximum Gasteiger partial charge on any atom is 0.472 e.